The molecule has 3 nitrogen and oxygen atoms in total. The fourth-order valence-corrected chi connectivity index (χ4v) is 1.80. The number of halogens is 1. The van der Waals surface area contributed by atoms with Crippen molar-refractivity contribution in [3.63, 3.8) is 0 Å². The molecule has 0 atom stereocenters. The normalized spacial score (nSPS) is 11.2. The maximum absolute atomic E-state index is 13.2. The van der Waals surface area contributed by atoms with Crippen molar-refractivity contribution in [1.29, 1.82) is 0 Å². The van der Waals surface area contributed by atoms with Crippen molar-refractivity contribution < 1.29 is 14.3 Å². The second-order valence-electron chi connectivity index (χ2n) is 4.79. The number of hydrogen-bond acceptors (Lipinski definition) is 2. The second kappa shape index (κ2) is 6.50. The number of carboxylic acid groups (broad SMARTS) is 1. The number of benzene rings is 1. The maximum Gasteiger partial charge on any atom is 0.304 e. The van der Waals surface area contributed by atoms with Crippen LogP contribution >= 0.6 is 0 Å². The zero-order valence-electron chi connectivity index (χ0n) is 11.1. The Morgan fingerprint density at radius 3 is 2.61 bits per heavy atom. The molecule has 4 heteroatoms. The van der Waals surface area contributed by atoms with Crippen molar-refractivity contribution in [2.45, 2.75) is 39.8 Å². The number of rotatable bonds is 6. The highest BCUT2D eigenvalue weighted by Crippen LogP contribution is 2.13. The van der Waals surface area contributed by atoms with E-state index in [0.29, 0.717) is 18.7 Å². The molecule has 0 amide bonds. The van der Waals surface area contributed by atoms with Crippen molar-refractivity contribution in [3.05, 3.63) is 35.1 Å². The summed E-state index contributed by atoms with van der Waals surface area (Å²) in [6.45, 7) is 6.93. The molecule has 1 aromatic rings. The molecule has 0 bridgehead atoms. The SMILES string of the molecule is Cc1cc(CN(CCC(=O)O)C(C)C)ccc1F. The Bertz CT molecular complexity index is 418. The highest BCUT2D eigenvalue weighted by molar-refractivity contribution is 5.66. The van der Waals surface area contributed by atoms with Gasteiger partial charge < -0.3 is 5.11 Å². The molecular formula is C14H20FNO2. The first-order chi connectivity index (χ1) is 8.40. The molecule has 0 unspecified atom stereocenters. The average Bonchev–Trinajstić information content (AvgIpc) is 2.28. The Morgan fingerprint density at radius 2 is 2.11 bits per heavy atom. The van der Waals surface area contributed by atoms with Crippen LogP contribution in [0.25, 0.3) is 0 Å². The van der Waals surface area contributed by atoms with Crippen LogP contribution in [0, 0.1) is 12.7 Å². The summed E-state index contributed by atoms with van der Waals surface area (Å²) >= 11 is 0. The monoisotopic (exact) mass is 253 g/mol. The van der Waals surface area contributed by atoms with E-state index < -0.39 is 5.97 Å². The third-order valence-electron chi connectivity index (χ3n) is 2.95. The van der Waals surface area contributed by atoms with E-state index in [1.54, 1.807) is 13.0 Å². The smallest absolute Gasteiger partial charge is 0.304 e. The number of hydrogen-bond donors (Lipinski definition) is 1. The number of nitrogens with zero attached hydrogens (tertiary/aromatic N) is 1. The van der Waals surface area contributed by atoms with Gasteiger partial charge in [0.05, 0.1) is 6.42 Å². The van der Waals surface area contributed by atoms with Gasteiger partial charge in [0, 0.05) is 19.1 Å². The fraction of sp³-hybridized carbons (Fsp3) is 0.500. The number of aryl methyl sites for hydroxylation is 1. The van der Waals surface area contributed by atoms with Crippen LogP contribution in [0.3, 0.4) is 0 Å². The van der Waals surface area contributed by atoms with Crippen LogP contribution in [0.5, 0.6) is 0 Å². The van der Waals surface area contributed by atoms with Gasteiger partial charge in [-0.2, -0.15) is 0 Å². The molecule has 0 saturated carbocycles. The lowest BCUT2D eigenvalue weighted by atomic mass is 10.1. The molecule has 1 N–H and O–H groups in total. The minimum Gasteiger partial charge on any atom is -0.481 e. The van der Waals surface area contributed by atoms with E-state index in [1.165, 1.54) is 6.07 Å². The average molecular weight is 253 g/mol. The summed E-state index contributed by atoms with van der Waals surface area (Å²) in [5, 5.41) is 8.71. The topological polar surface area (TPSA) is 40.5 Å². The number of carbonyl (C=O) groups is 1. The van der Waals surface area contributed by atoms with E-state index in [-0.39, 0.29) is 18.3 Å². The number of carboxylic acids is 1. The quantitative estimate of drug-likeness (QED) is 0.847. The van der Waals surface area contributed by atoms with Gasteiger partial charge in [-0.15, -0.1) is 0 Å². The summed E-state index contributed by atoms with van der Waals surface area (Å²) in [6.07, 6.45) is 0.123. The molecule has 0 aliphatic rings. The van der Waals surface area contributed by atoms with Crippen molar-refractivity contribution in [2.75, 3.05) is 6.54 Å². The maximum atomic E-state index is 13.2. The van der Waals surface area contributed by atoms with Gasteiger partial charge in [0.2, 0.25) is 0 Å². The third kappa shape index (κ3) is 4.45. The lowest BCUT2D eigenvalue weighted by Gasteiger charge is -2.26. The van der Waals surface area contributed by atoms with Gasteiger partial charge >= 0.3 is 5.97 Å². The van der Waals surface area contributed by atoms with Crippen LogP contribution in [0.1, 0.15) is 31.4 Å². The molecule has 0 aliphatic heterocycles. The summed E-state index contributed by atoms with van der Waals surface area (Å²) in [7, 11) is 0. The van der Waals surface area contributed by atoms with E-state index >= 15 is 0 Å². The van der Waals surface area contributed by atoms with Gasteiger partial charge in [0.15, 0.2) is 0 Å². The summed E-state index contributed by atoms with van der Waals surface area (Å²) in [4.78, 5) is 12.7. The van der Waals surface area contributed by atoms with Gasteiger partial charge in [-0.25, -0.2) is 4.39 Å². The second-order valence-corrected chi connectivity index (χ2v) is 4.79. The molecule has 18 heavy (non-hydrogen) atoms. The van der Waals surface area contributed by atoms with Crippen molar-refractivity contribution in [1.82, 2.24) is 4.90 Å². The lowest BCUT2D eigenvalue weighted by Crippen LogP contribution is -2.32. The Hall–Kier alpha value is -1.42. The third-order valence-corrected chi connectivity index (χ3v) is 2.95. The van der Waals surface area contributed by atoms with Gasteiger partial charge in [-0.05, 0) is 38.0 Å². The Kier molecular flexibility index (Phi) is 5.28. The summed E-state index contributed by atoms with van der Waals surface area (Å²) in [6, 6.07) is 5.28. The largest absolute Gasteiger partial charge is 0.481 e. The van der Waals surface area contributed by atoms with Crippen LogP contribution in [-0.2, 0) is 11.3 Å². The van der Waals surface area contributed by atoms with E-state index in [9.17, 15) is 9.18 Å². The molecule has 0 saturated heterocycles. The molecule has 0 aromatic heterocycles. The highest BCUT2D eigenvalue weighted by atomic mass is 19.1. The lowest BCUT2D eigenvalue weighted by molar-refractivity contribution is -0.137. The Balaban J connectivity index is 2.70. The first-order valence-electron chi connectivity index (χ1n) is 6.11. The molecular weight excluding hydrogens is 233 g/mol. The first-order valence-corrected chi connectivity index (χ1v) is 6.11. The van der Waals surface area contributed by atoms with E-state index in [0.717, 1.165) is 5.56 Å². The predicted octanol–water partition coefficient (Wildman–Crippen LogP) is 2.82. The van der Waals surface area contributed by atoms with Crippen LogP contribution in [0.2, 0.25) is 0 Å². The molecule has 100 valence electrons. The molecule has 1 aromatic carbocycles. The Morgan fingerprint density at radius 1 is 1.44 bits per heavy atom. The highest BCUT2D eigenvalue weighted by Gasteiger charge is 2.12. The minimum atomic E-state index is -0.795. The van der Waals surface area contributed by atoms with Gasteiger partial charge in [0.25, 0.3) is 0 Å². The summed E-state index contributed by atoms with van der Waals surface area (Å²) < 4.78 is 13.2. The molecule has 0 aliphatic carbocycles. The minimum absolute atomic E-state index is 0.123. The van der Waals surface area contributed by atoms with Crippen molar-refractivity contribution >= 4 is 5.97 Å². The van der Waals surface area contributed by atoms with Crippen molar-refractivity contribution in [3.8, 4) is 0 Å². The van der Waals surface area contributed by atoms with Gasteiger partial charge in [-0.1, -0.05) is 12.1 Å². The van der Waals surface area contributed by atoms with Crippen molar-refractivity contribution in [2.24, 2.45) is 0 Å². The molecule has 0 radical (unpaired) electrons. The zero-order valence-corrected chi connectivity index (χ0v) is 11.1. The predicted molar refractivity (Wildman–Crippen MR) is 68.9 cm³/mol. The molecule has 0 fully saturated rings. The van der Waals surface area contributed by atoms with Crippen LogP contribution in [-0.4, -0.2) is 28.6 Å². The molecule has 0 heterocycles. The standard InChI is InChI=1S/C14H20FNO2/c1-10(2)16(7-6-14(17)18)9-12-4-5-13(15)11(3)8-12/h4-5,8,10H,6-7,9H2,1-3H3,(H,17,18). The zero-order chi connectivity index (χ0) is 13.7. The number of aliphatic carboxylic acids is 1. The summed E-state index contributed by atoms with van der Waals surface area (Å²) in [5.74, 6) is -1.00. The Labute approximate surface area is 107 Å². The van der Waals surface area contributed by atoms with E-state index in [4.69, 9.17) is 5.11 Å². The first kappa shape index (κ1) is 14.6. The molecule has 1 rings (SSSR count). The van der Waals surface area contributed by atoms with Gasteiger partial charge in [-0.3, -0.25) is 9.69 Å². The van der Waals surface area contributed by atoms with Crippen LogP contribution in [0.15, 0.2) is 18.2 Å². The van der Waals surface area contributed by atoms with Gasteiger partial charge in [0.1, 0.15) is 5.82 Å². The molecule has 0 spiro atoms. The van der Waals surface area contributed by atoms with E-state index in [2.05, 4.69) is 4.90 Å². The van der Waals surface area contributed by atoms with Crippen LogP contribution in [0.4, 0.5) is 4.39 Å². The van der Waals surface area contributed by atoms with Crippen LogP contribution < -0.4 is 0 Å². The van der Waals surface area contributed by atoms with E-state index in [1.807, 2.05) is 19.9 Å². The fourth-order valence-electron chi connectivity index (χ4n) is 1.80. The summed E-state index contributed by atoms with van der Waals surface area (Å²) in [5.41, 5.74) is 1.63.